The second-order valence-electron chi connectivity index (χ2n) is 5.59. The highest BCUT2D eigenvalue weighted by Gasteiger charge is 2.44. The van der Waals surface area contributed by atoms with E-state index in [2.05, 4.69) is 25.2 Å². The van der Waals surface area contributed by atoms with Crippen molar-refractivity contribution in [3.05, 3.63) is 28.8 Å². The van der Waals surface area contributed by atoms with Gasteiger partial charge in [0.15, 0.2) is 0 Å². The second-order valence-corrected chi connectivity index (χ2v) is 6.00. The molecule has 1 aliphatic carbocycles. The maximum Gasteiger partial charge on any atom is 0.137 e. The van der Waals surface area contributed by atoms with Gasteiger partial charge in [0.25, 0.3) is 0 Å². The highest BCUT2D eigenvalue weighted by atomic mass is 35.5. The maximum atomic E-state index is 6.11. The van der Waals surface area contributed by atoms with Crippen molar-refractivity contribution in [2.45, 2.75) is 33.2 Å². The summed E-state index contributed by atoms with van der Waals surface area (Å²) in [6.07, 6.45) is 2.72. The summed E-state index contributed by atoms with van der Waals surface area (Å²) in [5.41, 5.74) is 1.76. The number of benzene rings is 1. The third-order valence-corrected chi connectivity index (χ3v) is 4.43. The average molecular weight is 268 g/mol. The first-order valence-corrected chi connectivity index (χ1v) is 6.98. The number of hydrogen-bond donors (Lipinski definition) is 1. The molecule has 0 heterocycles. The van der Waals surface area contributed by atoms with E-state index < -0.39 is 0 Å². The Morgan fingerprint density at radius 1 is 1.39 bits per heavy atom. The first-order valence-electron chi connectivity index (χ1n) is 6.60. The highest BCUT2D eigenvalue weighted by molar-refractivity contribution is 6.32. The minimum Gasteiger partial charge on any atom is -0.495 e. The molecule has 18 heavy (non-hydrogen) atoms. The van der Waals surface area contributed by atoms with E-state index in [1.54, 1.807) is 7.11 Å². The van der Waals surface area contributed by atoms with Crippen LogP contribution in [0.4, 0.5) is 0 Å². The van der Waals surface area contributed by atoms with Crippen molar-refractivity contribution in [2.75, 3.05) is 13.7 Å². The number of rotatable bonds is 6. The molecule has 0 saturated heterocycles. The smallest absolute Gasteiger partial charge is 0.137 e. The molecule has 0 spiro atoms. The first-order chi connectivity index (χ1) is 8.57. The molecule has 0 aromatic heterocycles. The Kier molecular flexibility index (Phi) is 4.18. The van der Waals surface area contributed by atoms with Crippen molar-refractivity contribution in [3.63, 3.8) is 0 Å². The van der Waals surface area contributed by atoms with Gasteiger partial charge >= 0.3 is 0 Å². The van der Waals surface area contributed by atoms with Crippen LogP contribution in [0.2, 0.25) is 5.02 Å². The van der Waals surface area contributed by atoms with E-state index in [1.165, 1.54) is 18.4 Å². The summed E-state index contributed by atoms with van der Waals surface area (Å²) in [6, 6.07) is 5.96. The number of nitrogens with one attached hydrogen (secondary N) is 1. The lowest BCUT2D eigenvalue weighted by atomic mass is 9.92. The van der Waals surface area contributed by atoms with Gasteiger partial charge in [-0.2, -0.15) is 0 Å². The zero-order chi connectivity index (χ0) is 13.2. The Morgan fingerprint density at radius 2 is 2.11 bits per heavy atom. The standard InChI is InChI=1S/C15H22ClNO/c1-11(2)15(6-7-15)10-17-9-12-4-5-14(18-3)13(16)8-12/h4-5,8,11,17H,6-7,9-10H2,1-3H3. The summed E-state index contributed by atoms with van der Waals surface area (Å²) in [7, 11) is 1.64. The van der Waals surface area contributed by atoms with Crippen molar-refractivity contribution >= 4 is 11.6 Å². The number of ether oxygens (including phenoxy) is 1. The minimum atomic E-state index is 0.552. The molecule has 3 heteroatoms. The summed E-state index contributed by atoms with van der Waals surface area (Å²) in [6.45, 7) is 6.62. The number of hydrogen-bond acceptors (Lipinski definition) is 2. The number of halogens is 1. The predicted octanol–water partition coefficient (Wildman–Crippen LogP) is 3.87. The van der Waals surface area contributed by atoms with Gasteiger partial charge in [-0.15, -0.1) is 0 Å². The second kappa shape index (κ2) is 5.50. The third-order valence-electron chi connectivity index (χ3n) is 4.14. The molecule has 0 amide bonds. The van der Waals surface area contributed by atoms with Crippen LogP contribution in [-0.2, 0) is 6.54 Å². The molecule has 1 N–H and O–H groups in total. The fourth-order valence-corrected chi connectivity index (χ4v) is 2.67. The van der Waals surface area contributed by atoms with Gasteiger partial charge in [0, 0.05) is 13.1 Å². The molecule has 0 bridgehead atoms. The molecule has 0 atom stereocenters. The lowest BCUT2D eigenvalue weighted by molar-refractivity contribution is 0.338. The van der Waals surface area contributed by atoms with Crippen LogP contribution in [0.1, 0.15) is 32.3 Å². The molecule has 1 aromatic rings. The molecule has 1 saturated carbocycles. The van der Waals surface area contributed by atoms with Crippen LogP contribution in [-0.4, -0.2) is 13.7 Å². The van der Waals surface area contributed by atoms with Crippen molar-refractivity contribution in [3.8, 4) is 5.75 Å². The Labute approximate surface area is 115 Å². The molecule has 1 fully saturated rings. The largest absolute Gasteiger partial charge is 0.495 e. The summed E-state index contributed by atoms with van der Waals surface area (Å²) in [5, 5.41) is 4.23. The van der Waals surface area contributed by atoms with Crippen molar-refractivity contribution in [1.82, 2.24) is 5.32 Å². The molecule has 1 aromatic carbocycles. The van der Waals surface area contributed by atoms with E-state index in [0.29, 0.717) is 10.4 Å². The van der Waals surface area contributed by atoms with Gasteiger partial charge in [-0.3, -0.25) is 0 Å². The molecule has 0 unspecified atom stereocenters. The van der Waals surface area contributed by atoms with Crippen molar-refractivity contribution in [2.24, 2.45) is 11.3 Å². The summed E-state index contributed by atoms with van der Waals surface area (Å²) < 4.78 is 5.15. The van der Waals surface area contributed by atoms with Gasteiger partial charge in [0.1, 0.15) is 5.75 Å². The average Bonchev–Trinajstić information content (AvgIpc) is 3.10. The van der Waals surface area contributed by atoms with Crippen LogP contribution in [0.3, 0.4) is 0 Å². The fourth-order valence-electron chi connectivity index (χ4n) is 2.39. The topological polar surface area (TPSA) is 21.3 Å². The molecule has 0 aliphatic heterocycles. The van der Waals surface area contributed by atoms with Gasteiger partial charge < -0.3 is 10.1 Å². The molecule has 2 nitrogen and oxygen atoms in total. The van der Waals surface area contributed by atoms with Gasteiger partial charge in [-0.1, -0.05) is 31.5 Å². The van der Waals surface area contributed by atoms with Crippen molar-refractivity contribution in [1.29, 1.82) is 0 Å². The van der Waals surface area contributed by atoms with Crippen LogP contribution < -0.4 is 10.1 Å². The zero-order valence-corrected chi connectivity index (χ0v) is 12.2. The Hall–Kier alpha value is -0.730. The van der Waals surface area contributed by atoms with Crippen LogP contribution in [0.5, 0.6) is 5.75 Å². The van der Waals surface area contributed by atoms with Gasteiger partial charge in [-0.25, -0.2) is 0 Å². The lowest BCUT2D eigenvalue weighted by Crippen LogP contribution is -2.27. The van der Waals surface area contributed by atoms with Gasteiger partial charge in [0.05, 0.1) is 12.1 Å². The van der Waals surface area contributed by atoms with Crippen LogP contribution in [0.15, 0.2) is 18.2 Å². The molecular weight excluding hydrogens is 246 g/mol. The van der Waals surface area contributed by atoms with E-state index in [1.807, 2.05) is 12.1 Å². The quantitative estimate of drug-likeness (QED) is 0.845. The Morgan fingerprint density at radius 3 is 2.61 bits per heavy atom. The van der Waals surface area contributed by atoms with E-state index in [4.69, 9.17) is 16.3 Å². The molecule has 100 valence electrons. The Bertz CT molecular complexity index is 413. The van der Waals surface area contributed by atoms with Crippen LogP contribution in [0, 0.1) is 11.3 Å². The zero-order valence-electron chi connectivity index (χ0n) is 11.4. The fraction of sp³-hybridized carbons (Fsp3) is 0.600. The van der Waals surface area contributed by atoms with Crippen LogP contribution >= 0.6 is 11.6 Å². The molecule has 2 rings (SSSR count). The summed E-state index contributed by atoms with van der Waals surface area (Å²) in [4.78, 5) is 0. The number of methoxy groups -OCH3 is 1. The summed E-state index contributed by atoms with van der Waals surface area (Å²) >= 11 is 6.11. The molecule has 0 radical (unpaired) electrons. The minimum absolute atomic E-state index is 0.552. The predicted molar refractivity (Wildman–Crippen MR) is 76.2 cm³/mol. The first kappa shape index (κ1) is 13.7. The molecule has 1 aliphatic rings. The summed E-state index contributed by atoms with van der Waals surface area (Å²) in [5.74, 6) is 1.51. The van der Waals surface area contributed by atoms with E-state index in [9.17, 15) is 0 Å². The van der Waals surface area contributed by atoms with Crippen molar-refractivity contribution < 1.29 is 4.74 Å². The third kappa shape index (κ3) is 2.99. The van der Waals surface area contributed by atoms with E-state index in [0.717, 1.165) is 24.8 Å². The van der Waals surface area contributed by atoms with Gasteiger partial charge in [-0.05, 0) is 41.9 Å². The highest BCUT2D eigenvalue weighted by Crippen LogP contribution is 2.51. The normalized spacial score (nSPS) is 16.9. The van der Waals surface area contributed by atoms with E-state index >= 15 is 0 Å². The molecular formula is C15H22ClNO. The van der Waals surface area contributed by atoms with E-state index in [-0.39, 0.29) is 0 Å². The lowest BCUT2D eigenvalue weighted by Gasteiger charge is -2.20. The van der Waals surface area contributed by atoms with Gasteiger partial charge in [0.2, 0.25) is 0 Å². The monoisotopic (exact) mass is 267 g/mol. The SMILES string of the molecule is COc1ccc(CNCC2(C(C)C)CC2)cc1Cl. The Balaban J connectivity index is 1.85. The maximum absolute atomic E-state index is 6.11. The van der Waals surface area contributed by atoms with Crippen LogP contribution in [0.25, 0.3) is 0 Å².